The molecule has 0 bridgehead atoms. The highest BCUT2D eigenvalue weighted by molar-refractivity contribution is 5.70. The Morgan fingerprint density at radius 1 is 0.451 bits per heavy atom. The number of unbranched alkanes of at least 4 members (excludes halogenated alkanes) is 23. The lowest BCUT2D eigenvalue weighted by Crippen LogP contribution is -2.28. The lowest BCUT2D eigenvalue weighted by Gasteiger charge is -2.15. The van der Waals surface area contributed by atoms with Gasteiger partial charge in [-0.3, -0.25) is 9.59 Å². The number of aliphatic hydroxyl groups is 1. The van der Waals surface area contributed by atoms with E-state index in [1.54, 1.807) is 0 Å². The largest absolute Gasteiger partial charge is 0.462 e. The molecular weight excluding hydrogens is 633 g/mol. The van der Waals surface area contributed by atoms with Crippen molar-refractivity contribution in [2.75, 3.05) is 13.2 Å². The molecular formula is C46H82O5. The van der Waals surface area contributed by atoms with Crippen molar-refractivity contribution < 1.29 is 24.2 Å². The minimum absolute atomic E-state index is 0.0893. The van der Waals surface area contributed by atoms with Crippen molar-refractivity contribution in [3.05, 3.63) is 48.6 Å². The number of carbonyl (C=O) groups is 2. The fourth-order valence-electron chi connectivity index (χ4n) is 6.00. The maximum Gasteiger partial charge on any atom is 0.306 e. The van der Waals surface area contributed by atoms with Crippen molar-refractivity contribution >= 4 is 11.9 Å². The van der Waals surface area contributed by atoms with Crippen LogP contribution in [0.5, 0.6) is 0 Å². The Balaban J connectivity index is 3.59. The van der Waals surface area contributed by atoms with E-state index in [9.17, 15) is 14.7 Å². The molecule has 0 fully saturated rings. The molecule has 0 rings (SSSR count). The average molecular weight is 715 g/mol. The fourth-order valence-corrected chi connectivity index (χ4v) is 6.00. The van der Waals surface area contributed by atoms with Crippen LogP contribution in [-0.2, 0) is 19.1 Å². The van der Waals surface area contributed by atoms with Crippen LogP contribution in [0.25, 0.3) is 0 Å². The van der Waals surface area contributed by atoms with E-state index in [0.29, 0.717) is 19.3 Å². The Bertz CT molecular complexity index is 858. The van der Waals surface area contributed by atoms with Gasteiger partial charge < -0.3 is 14.6 Å². The summed E-state index contributed by atoms with van der Waals surface area (Å²) in [5, 5.41) is 9.56. The molecule has 0 aromatic heterocycles. The Hall–Kier alpha value is -2.14. The molecule has 1 atom stereocenters. The zero-order chi connectivity index (χ0) is 37.1. The van der Waals surface area contributed by atoms with Gasteiger partial charge in [-0.05, 0) is 70.6 Å². The van der Waals surface area contributed by atoms with E-state index in [1.807, 2.05) is 0 Å². The van der Waals surface area contributed by atoms with Gasteiger partial charge in [-0.15, -0.1) is 0 Å². The Morgan fingerprint density at radius 3 is 1.35 bits per heavy atom. The number of carbonyl (C=O) groups excluding carboxylic acids is 2. The molecule has 0 saturated heterocycles. The van der Waals surface area contributed by atoms with Crippen molar-refractivity contribution in [1.82, 2.24) is 0 Å². The van der Waals surface area contributed by atoms with Gasteiger partial charge in [0.1, 0.15) is 6.61 Å². The molecule has 0 unspecified atom stereocenters. The average Bonchev–Trinajstić information content (AvgIpc) is 3.13. The number of ether oxygens (including phenoxy) is 2. The molecule has 0 saturated carbocycles. The zero-order valence-electron chi connectivity index (χ0n) is 33.6. The summed E-state index contributed by atoms with van der Waals surface area (Å²) in [6.45, 7) is 4.06. The summed E-state index contributed by atoms with van der Waals surface area (Å²) in [5.74, 6) is -0.655. The lowest BCUT2D eigenvalue weighted by atomic mass is 10.0. The van der Waals surface area contributed by atoms with E-state index in [-0.39, 0.29) is 25.2 Å². The molecule has 0 aromatic rings. The molecule has 5 heteroatoms. The minimum atomic E-state index is -0.798. The second kappa shape index (κ2) is 42.3. The van der Waals surface area contributed by atoms with E-state index in [0.717, 1.165) is 51.4 Å². The minimum Gasteiger partial charge on any atom is -0.462 e. The molecule has 0 radical (unpaired) electrons. The molecule has 0 spiro atoms. The highest BCUT2D eigenvalue weighted by Crippen LogP contribution is 2.14. The summed E-state index contributed by atoms with van der Waals surface area (Å²) >= 11 is 0. The smallest absolute Gasteiger partial charge is 0.306 e. The highest BCUT2D eigenvalue weighted by Gasteiger charge is 2.16. The molecule has 0 aliphatic carbocycles. The first-order valence-corrected chi connectivity index (χ1v) is 21.7. The van der Waals surface area contributed by atoms with Crippen molar-refractivity contribution in [2.24, 2.45) is 0 Å². The predicted octanol–water partition coefficient (Wildman–Crippen LogP) is 13.8. The van der Waals surface area contributed by atoms with Crippen LogP contribution in [0.2, 0.25) is 0 Å². The normalized spacial score (nSPS) is 12.6. The molecule has 0 aliphatic heterocycles. The Morgan fingerprint density at radius 2 is 0.843 bits per heavy atom. The third kappa shape index (κ3) is 40.5. The van der Waals surface area contributed by atoms with Crippen LogP contribution in [0.3, 0.4) is 0 Å². The van der Waals surface area contributed by atoms with E-state index in [1.165, 1.54) is 128 Å². The summed E-state index contributed by atoms with van der Waals surface area (Å²) in [6, 6.07) is 0. The molecule has 51 heavy (non-hydrogen) atoms. The fraction of sp³-hybridized carbons (Fsp3) is 0.783. The Kier molecular flexibility index (Phi) is 40.5. The van der Waals surface area contributed by atoms with Gasteiger partial charge >= 0.3 is 11.9 Å². The third-order valence-electron chi connectivity index (χ3n) is 9.32. The van der Waals surface area contributed by atoms with Crippen LogP contribution in [0, 0.1) is 0 Å². The Labute approximate surface area is 316 Å². The quantitative estimate of drug-likeness (QED) is 0.0390. The van der Waals surface area contributed by atoms with Crippen molar-refractivity contribution in [3.63, 3.8) is 0 Å². The van der Waals surface area contributed by atoms with Gasteiger partial charge in [-0.1, -0.05) is 178 Å². The maximum atomic E-state index is 12.2. The SMILES string of the molecule is CCCC/C=C/C/C=C/CCCCCCCC(=O)OC[C@H](CO)OC(=O)CCC/C=C/CC/C=C/CCCCCCCCCCCCCCCC. The zero-order valence-corrected chi connectivity index (χ0v) is 33.6. The third-order valence-corrected chi connectivity index (χ3v) is 9.32. The monoisotopic (exact) mass is 715 g/mol. The molecule has 296 valence electrons. The number of esters is 2. The van der Waals surface area contributed by atoms with Gasteiger partial charge in [0.25, 0.3) is 0 Å². The molecule has 5 nitrogen and oxygen atoms in total. The van der Waals surface area contributed by atoms with Gasteiger partial charge in [0.15, 0.2) is 6.10 Å². The van der Waals surface area contributed by atoms with Crippen LogP contribution < -0.4 is 0 Å². The lowest BCUT2D eigenvalue weighted by molar-refractivity contribution is -0.161. The van der Waals surface area contributed by atoms with E-state index in [2.05, 4.69) is 62.5 Å². The number of aliphatic hydroxyl groups excluding tert-OH is 1. The van der Waals surface area contributed by atoms with Crippen molar-refractivity contribution in [3.8, 4) is 0 Å². The molecule has 1 N–H and O–H groups in total. The molecule has 0 amide bonds. The van der Waals surface area contributed by atoms with Crippen LogP contribution in [0.1, 0.15) is 213 Å². The second-order valence-corrected chi connectivity index (χ2v) is 14.4. The highest BCUT2D eigenvalue weighted by atomic mass is 16.6. The van der Waals surface area contributed by atoms with Crippen LogP contribution in [0.15, 0.2) is 48.6 Å². The maximum absolute atomic E-state index is 12.2. The van der Waals surface area contributed by atoms with E-state index in [4.69, 9.17) is 9.47 Å². The topological polar surface area (TPSA) is 72.8 Å². The summed E-state index contributed by atoms with van der Waals surface area (Å²) in [4.78, 5) is 24.3. The summed E-state index contributed by atoms with van der Waals surface area (Å²) in [6.07, 6.45) is 53.4. The van der Waals surface area contributed by atoms with Gasteiger partial charge in [-0.25, -0.2) is 0 Å². The van der Waals surface area contributed by atoms with Gasteiger partial charge in [0.2, 0.25) is 0 Å². The molecule has 0 aliphatic rings. The van der Waals surface area contributed by atoms with Crippen LogP contribution >= 0.6 is 0 Å². The summed E-state index contributed by atoms with van der Waals surface area (Å²) in [7, 11) is 0. The standard InChI is InChI=1S/C46H82O5/c1-3-5-7-9-11-13-15-17-19-20-21-22-23-24-25-26-27-29-31-33-35-37-39-41-46(49)51-44(42-47)43-50-45(48)40-38-36-34-32-30-28-18-16-14-12-10-8-6-4-2/h10,12,16,18,26-27,33,35,44,47H,3-9,11,13-15,17,19-25,28-32,34,36-43H2,1-2H3/b12-10+,18-16+,27-26+,35-33+/t44-/m0/s1. The van der Waals surface area contributed by atoms with Crippen LogP contribution in [0.4, 0.5) is 0 Å². The number of hydrogen-bond donors (Lipinski definition) is 1. The van der Waals surface area contributed by atoms with Crippen LogP contribution in [-0.4, -0.2) is 36.4 Å². The van der Waals surface area contributed by atoms with E-state index >= 15 is 0 Å². The van der Waals surface area contributed by atoms with E-state index < -0.39 is 6.10 Å². The van der Waals surface area contributed by atoms with Gasteiger partial charge in [0.05, 0.1) is 6.61 Å². The van der Waals surface area contributed by atoms with Gasteiger partial charge in [-0.2, -0.15) is 0 Å². The number of rotatable bonds is 39. The number of allylic oxidation sites excluding steroid dienone is 8. The second-order valence-electron chi connectivity index (χ2n) is 14.4. The first-order valence-electron chi connectivity index (χ1n) is 21.7. The summed E-state index contributed by atoms with van der Waals surface area (Å²) in [5.41, 5.74) is 0. The van der Waals surface area contributed by atoms with Crippen molar-refractivity contribution in [2.45, 2.75) is 219 Å². The predicted molar refractivity (Wildman–Crippen MR) is 219 cm³/mol. The molecule has 0 heterocycles. The number of hydrogen-bond acceptors (Lipinski definition) is 5. The summed E-state index contributed by atoms with van der Waals surface area (Å²) < 4.78 is 10.6. The first-order chi connectivity index (χ1) is 25.1. The first kappa shape index (κ1) is 48.9. The molecule has 0 aromatic carbocycles. The van der Waals surface area contributed by atoms with Gasteiger partial charge in [0, 0.05) is 12.8 Å². The van der Waals surface area contributed by atoms with Crippen molar-refractivity contribution in [1.29, 1.82) is 0 Å².